The van der Waals surface area contributed by atoms with Gasteiger partial charge in [0.1, 0.15) is 5.76 Å². The van der Waals surface area contributed by atoms with Gasteiger partial charge in [0, 0.05) is 5.75 Å². The molecule has 0 saturated heterocycles. The monoisotopic (exact) mass is 224 g/mol. The Morgan fingerprint density at radius 2 is 2.27 bits per heavy atom. The number of rotatable bonds is 4. The molecule has 0 unspecified atom stereocenters. The van der Waals surface area contributed by atoms with Gasteiger partial charge in [-0.3, -0.25) is 0 Å². The predicted molar refractivity (Wildman–Crippen MR) is 57.8 cm³/mol. The van der Waals surface area contributed by atoms with Gasteiger partial charge in [-0.1, -0.05) is 18.7 Å². The molecular weight excluding hydrogens is 212 g/mol. The summed E-state index contributed by atoms with van der Waals surface area (Å²) >= 11 is 1.57. The smallest absolute Gasteiger partial charge is 0.276 e. The molecule has 0 aliphatic heterocycles. The first-order valence-electron chi connectivity index (χ1n) is 4.82. The van der Waals surface area contributed by atoms with Crippen molar-refractivity contribution in [1.29, 1.82) is 0 Å². The number of hydrogen-bond acceptors (Lipinski definition) is 5. The van der Waals surface area contributed by atoms with Gasteiger partial charge >= 0.3 is 0 Å². The summed E-state index contributed by atoms with van der Waals surface area (Å²) in [6, 6.07) is 1.83. The van der Waals surface area contributed by atoms with Crippen LogP contribution in [0.15, 0.2) is 26.4 Å². The second-order valence-electron chi connectivity index (χ2n) is 3.11. The van der Waals surface area contributed by atoms with Crippen LogP contribution in [-0.4, -0.2) is 16.0 Å². The van der Waals surface area contributed by atoms with E-state index in [2.05, 4.69) is 17.1 Å². The van der Waals surface area contributed by atoms with Gasteiger partial charge in [-0.2, -0.15) is 0 Å². The Kier molecular flexibility index (Phi) is 3.11. The number of furan rings is 1. The Morgan fingerprint density at radius 1 is 1.40 bits per heavy atom. The maximum atomic E-state index is 5.49. The molecule has 0 aromatic carbocycles. The fourth-order valence-corrected chi connectivity index (χ4v) is 1.79. The van der Waals surface area contributed by atoms with Crippen LogP contribution in [0.4, 0.5) is 0 Å². The van der Waals surface area contributed by atoms with Crippen molar-refractivity contribution in [2.75, 3.05) is 5.75 Å². The third-order valence-corrected chi connectivity index (χ3v) is 2.95. The van der Waals surface area contributed by atoms with E-state index in [0.29, 0.717) is 11.1 Å². The Labute approximate surface area is 92.1 Å². The van der Waals surface area contributed by atoms with Crippen molar-refractivity contribution in [2.45, 2.75) is 25.5 Å². The van der Waals surface area contributed by atoms with E-state index in [1.165, 1.54) is 0 Å². The van der Waals surface area contributed by atoms with Crippen LogP contribution in [0.1, 0.15) is 19.1 Å². The fraction of sp³-hybridized carbons (Fsp3) is 0.400. The van der Waals surface area contributed by atoms with Gasteiger partial charge in [0.05, 0.1) is 11.8 Å². The topological polar surface area (TPSA) is 52.1 Å². The zero-order valence-corrected chi connectivity index (χ0v) is 9.50. The molecule has 0 radical (unpaired) electrons. The van der Waals surface area contributed by atoms with Crippen LogP contribution in [0.25, 0.3) is 11.5 Å². The highest BCUT2D eigenvalue weighted by Gasteiger charge is 2.12. The van der Waals surface area contributed by atoms with Crippen molar-refractivity contribution in [2.24, 2.45) is 0 Å². The van der Waals surface area contributed by atoms with Crippen molar-refractivity contribution in [3.8, 4) is 11.5 Å². The van der Waals surface area contributed by atoms with Crippen LogP contribution in [0.5, 0.6) is 0 Å². The lowest BCUT2D eigenvalue weighted by Crippen LogP contribution is -1.76. The molecule has 15 heavy (non-hydrogen) atoms. The Hall–Kier alpha value is -1.23. The first-order chi connectivity index (χ1) is 7.31. The van der Waals surface area contributed by atoms with Gasteiger partial charge in [0.15, 0.2) is 0 Å². The zero-order valence-electron chi connectivity index (χ0n) is 8.69. The molecule has 5 heteroatoms. The van der Waals surface area contributed by atoms with Crippen molar-refractivity contribution >= 4 is 11.8 Å². The Bertz CT molecular complexity index is 436. The third kappa shape index (κ3) is 2.23. The fourth-order valence-electron chi connectivity index (χ4n) is 1.17. The zero-order chi connectivity index (χ0) is 10.7. The molecule has 0 aliphatic rings. The lowest BCUT2D eigenvalue weighted by molar-refractivity contribution is 0.463. The van der Waals surface area contributed by atoms with Gasteiger partial charge in [-0.05, 0) is 19.4 Å². The molecule has 4 nitrogen and oxygen atoms in total. The molecule has 2 aromatic rings. The molecule has 0 bridgehead atoms. The molecular formula is C10H12N2O2S. The average Bonchev–Trinajstić information content (AvgIpc) is 2.83. The van der Waals surface area contributed by atoms with Gasteiger partial charge in [0.25, 0.3) is 11.1 Å². The van der Waals surface area contributed by atoms with E-state index in [9.17, 15) is 0 Å². The van der Waals surface area contributed by atoms with Crippen LogP contribution in [-0.2, 0) is 0 Å². The van der Waals surface area contributed by atoms with Crippen LogP contribution in [0, 0.1) is 6.92 Å². The largest absolute Gasteiger partial charge is 0.469 e. The summed E-state index contributed by atoms with van der Waals surface area (Å²) in [6.45, 7) is 3.99. The Morgan fingerprint density at radius 3 is 2.93 bits per heavy atom. The van der Waals surface area contributed by atoms with Crippen LogP contribution in [0.3, 0.4) is 0 Å². The number of nitrogens with zero attached hydrogens (tertiary/aromatic N) is 2. The quantitative estimate of drug-likeness (QED) is 0.747. The van der Waals surface area contributed by atoms with E-state index in [1.807, 2.05) is 13.0 Å². The summed E-state index contributed by atoms with van der Waals surface area (Å²) in [5, 5.41) is 8.55. The van der Waals surface area contributed by atoms with Gasteiger partial charge in [-0.15, -0.1) is 10.2 Å². The summed E-state index contributed by atoms with van der Waals surface area (Å²) in [5.74, 6) is 2.32. The number of hydrogen-bond donors (Lipinski definition) is 0. The van der Waals surface area contributed by atoms with Crippen molar-refractivity contribution in [3.05, 3.63) is 18.1 Å². The highest BCUT2D eigenvalue weighted by molar-refractivity contribution is 7.99. The molecule has 2 heterocycles. The summed E-state index contributed by atoms with van der Waals surface area (Å²) in [5.41, 5.74) is 0.867. The van der Waals surface area contributed by atoms with Crippen molar-refractivity contribution in [1.82, 2.24) is 10.2 Å². The van der Waals surface area contributed by atoms with Gasteiger partial charge < -0.3 is 8.83 Å². The minimum atomic E-state index is 0.528. The number of thioether (sulfide) groups is 1. The molecule has 0 saturated carbocycles. The summed E-state index contributed by atoms with van der Waals surface area (Å²) < 4.78 is 10.7. The van der Waals surface area contributed by atoms with Crippen LogP contribution < -0.4 is 0 Å². The summed E-state index contributed by atoms with van der Waals surface area (Å²) in [7, 11) is 0. The van der Waals surface area contributed by atoms with E-state index in [1.54, 1.807) is 18.0 Å². The third-order valence-electron chi connectivity index (χ3n) is 1.93. The second kappa shape index (κ2) is 4.53. The van der Waals surface area contributed by atoms with E-state index in [4.69, 9.17) is 8.83 Å². The number of aromatic nitrogens is 2. The van der Waals surface area contributed by atoms with E-state index in [-0.39, 0.29) is 0 Å². The molecule has 0 amide bonds. The maximum absolute atomic E-state index is 5.49. The van der Waals surface area contributed by atoms with E-state index < -0.39 is 0 Å². The molecule has 0 atom stereocenters. The predicted octanol–water partition coefficient (Wildman–Crippen LogP) is 3.14. The molecule has 0 spiro atoms. The summed E-state index contributed by atoms with van der Waals surface area (Å²) in [4.78, 5) is 0. The standard InChI is InChI=1S/C10H12N2O2S/c1-3-6-15-10-12-11-9(14-10)8-4-5-13-7(8)2/h4-5H,3,6H2,1-2H3. The SMILES string of the molecule is CCCSc1nnc(-c2ccoc2C)o1. The first-order valence-corrected chi connectivity index (χ1v) is 5.80. The van der Waals surface area contributed by atoms with Crippen molar-refractivity contribution < 1.29 is 8.83 Å². The minimum Gasteiger partial charge on any atom is -0.469 e. The Balaban J connectivity index is 2.17. The molecule has 80 valence electrons. The van der Waals surface area contributed by atoms with Crippen LogP contribution in [0.2, 0.25) is 0 Å². The molecule has 2 aromatic heterocycles. The van der Waals surface area contributed by atoms with E-state index >= 15 is 0 Å². The number of aryl methyl sites for hydroxylation is 1. The highest BCUT2D eigenvalue weighted by Crippen LogP contribution is 2.26. The highest BCUT2D eigenvalue weighted by atomic mass is 32.2. The van der Waals surface area contributed by atoms with Gasteiger partial charge in [0.2, 0.25) is 0 Å². The summed E-state index contributed by atoms with van der Waals surface area (Å²) in [6.07, 6.45) is 2.71. The first kappa shape index (κ1) is 10.3. The minimum absolute atomic E-state index is 0.528. The maximum Gasteiger partial charge on any atom is 0.276 e. The van der Waals surface area contributed by atoms with Gasteiger partial charge in [-0.25, -0.2) is 0 Å². The normalized spacial score (nSPS) is 10.8. The average molecular weight is 224 g/mol. The van der Waals surface area contributed by atoms with Crippen LogP contribution >= 0.6 is 11.8 Å². The molecule has 2 rings (SSSR count). The molecule has 0 N–H and O–H groups in total. The second-order valence-corrected chi connectivity index (χ2v) is 4.16. The lowest BCUT2D eigenvalue weighted by Gasteiger charge is -1.90. The van der Waals surface area contributed by atoms with Crippen molar-refractivity contribution in [3.63, 3.8) is 0 Å². The molecule has 0 aliphatic carbocycles. The van der Waals surface area contributed by atoms with E-state index in [0.717, 1.165) is 23.5 Å². The lowest BCUT2D eigenvalue weighted by atomic mass is 10.3. The molecule has 0 fully saturated rings.